The van der Waals surface area contributed by atoms with Crippen molar-refractivity contribution in [2.75, 3.05) is 6.54 Å². The largest absolute Gasteiger partial charge is 0.351 e. The van der Waals surface area contributed by atoms with Crippen LogP contribution in [0, 0.1) is 0 Å². The van der Waals surface area contributed by atoms with Crippen LogP contribution in [0.3, 0.4) is 0 Å². The Balaban J connectivity index is 1.85. The van der Waals surface area contributed by atoms with Gasteiger partial charge in [-0.1, -0.05) is 18.9 Å². The summed E-state index contributed by atoms with van der Waals surface area (Å²) in [5.74, 6) is -0.832. The van der Waals surface area contributed by atoms with E-state index in [2.05, 4.69) is 16.5 Å². The van der Waals surface area contributed by atoms with Crippen molar-refractivity contribution in [1.82, 2.24) is 14.8 Å². The van der Waals surface area contributed by atoms with Crippen molar-refractivity contribution in [3.63, 3.8) is 0 Å². The molecule has 0 aromatic carbocycles. The van der Waals surface area contributed by atoms with Crippen LogP contribution in [0.2, 0.25) is 0 Å². The Morgan fingerprint density at radius 1 is 1.35 bits per heavy atom. The van der Waals surface area contributed by atoms with Crippen molar-refractivity contribution in [3.05, 3.63) is 42.3 Å². The number of nitrogens with zero attached hydrogens (tertiary/aromatic N) is 2. The summed E-state index contributed by atoms with van der Waals surface area (Å²) in [5, 5.41) is 2.68. The Bertz CT molecular complexity index is 698. The molecule has 1 saturated carbocycles. The Morgan fingerprint density at radius 2 is 2.09 bits per heavy atom. The summed E-state index contributed by atoms with van der Waals surface area (Å²) in [6.07, 6.45) is 12.1. The average Bonchev–Trinajstić information content (AvgIpc) is 3.18. The van der Waals surface area contributed by atoms with Crippen molar-refractivity contribution >= 4 is 35.2 Å². The van der Waals surface area contributed by atoms with Gasteiger partial charge >= 0.3 is 0 Å². The molecule has 0 unspecified atom stereocenters. The molecular weight excluding hydrogens is 310 g/mol. The highest BCUT2D eigenvalue weighted by atomic mass is 32.1. The summed E-state index contributed by atoms with van der Waals surface area (Å²) >= 11 is 5.04. The summed E-state index contributed by atoms with van der Waals surface area (Å²) in [6.45, 7) is 3.89. The fourth-order valence-electron chi connectivity index (χ4n) is 3.10. The van der Waals surface area contributed by atoms with Crippen LogP contribution in [0.15, 0.2) is 36.7 Å². The molecule has 23 heavy (non-hydrogen) atoms. The number of nitrogens with one attached hydrogen (secondary N) is 1. The highest BCUT2D eigenvalue weighted by molar-refractivity contribution is 7.80. The lowest BCUT2D eigenvalue weighted by Gasteiger charge is -2.27. The Hall–Kier alpha value is -2.21. The quantitative estimate of drug-likeness (QED) is 0.399. The zero-order valence-electron chi connectivity index (χ0n) is 12.8. The number of hydrogen-bond acceptors (Lipinski definition) is 3. The van der Waals surface area contributed by atoms with Gasteiger partial charge in [-0.3, -0.25) is 19.8 Å². The fraction of sp³-hybridized carbons (Fsp3) is 0.353. The molecule has 0 radical (unpaired) electrons. The van der Waals surface area contributed by atoms with E-state index in [1.807, 2.05) is 18.5 Å². The molecule has 0 atom stereocenters. The van der Waals surface area contributed by atoms with Crippen LogP contribution in [-0.4, -0.2) is 32.9 Å². The highest BCUT2D eigenvalue weighted by Gasteiger charge is 2.32. The van der Waals surface area contributed by atoms with E-state index in [1.165, 1.54) is 30.6 Å². The molecule has 2 fully saturated rings. The van der Waals surface area contributed by atoms with Gasteiger partial charge in [0, 0.05) is 25.0 Å². The van der Waals surface area contributed by atoms with Gasteiger partial charge in [0.2, 0.25) is 0 Å². The molecule has 1 N–H and O–H groups in total. The number of amides is 2. The third-order valence-electron chi connectivity index (χ3n) is 4.29. The van der Waals surface area contributed by atoms with E-state index in [0.29, 0.717) is 6.04 Å². The molecule has 5 nitrogen and oxygen atoms in total. The van der Waals surface area contributed by atoms with E-state index in [1.54, 1.807) is 12.2 Å². The van der Waals surface area contributed by atoms with E-state index in [4.69, 9.17) is 12.2 Å². The zero-order chi connectivity index (χ0) is 16.4. The van der Waals surface area contributed by atoms with E-state index >= 15 is 0 Å². The van der Waals surface area contributed by atoms with Crippen molar-refractivity contribution in [3.8, 4) is 0 Å². The first-order valence-electron chi connectivity index (χ1n) is 7.77. The maximum absolute atomic E-state index is 12.5. The predicted octanol–water partition coefficient (Wildman–Crippen LogP) is 2.42. The predicted molar refractivity (Wildman–Crippen MR) is 92.6 cm³/mol. The molecule has 1 aromatic rings. The van der Waals surface area contributed by atoms with Gasteiger partial charge in [0.25, 0.3) is 11.8 Å². The van der Waals surface area contributed by atoms with E-state index in [0.717, 1.165) is 5.56 Å². The van der Waals surface area contributed by atoms with E-state index in [-0.39, 0.29) is 23.1 Å². The van der Waals surface area contributed by atoms with Gasteiger partial charge in [0.1, 0.15) is 5.57 Å². The van der Waals surface area contributed by atoms with Crippen LogP contribution in [0.25, 0.3) is 6.08 Å². The van der Waals surface area contributed by atoms with Gasteiger partial charge < -0.3 is 4.57 Å². The number of carbonyl (C=O) groups is 2. The summed E-state index contributed by atoms with van der Waals surface area (Å²) in [4.78, 5) is 25.9. The average molecular weight is 329 g/mol. The van der Waals surface area contributed by atoms with Gasteiger partial charge in [-0.25, -0.2) is 0 Å². The van der Waals surface area contributed by atoms with Gasteiger partial charge in [0.15, 0.2) is 5.11 Å². The molecule has 1 aliphatic heterocycles. The van der Waals surface area contributed by atoms with Crippen LogP contribution >= 0.6 is 12.2 Å². The Morgan fingerprint density at radius 3 is 2.78 bits per heavy atom. The number of hydrogen-bond donors (Lipinski definition) is 1. The minimum Gasteiger partial charge on any atom is -0.351 e. The lowest BCUT2D eigenvalue weighted by molar-refractivity contribution is -0.128. The van der Waals surface area contributed by atoms with Crippen LogP contribution in [-0.2, 0) is 9.59 Å². The molecule has 1 aliphatic carbocycles. The van der Waals surface area contributed by atoms with Gasteiger partial charge in [-0.05, 0) is 42.8 Å². The minimum atomic E-state index is -0.450. The fourth-order valence-corrected chi connectivity index (χ4v) is 3.35. The number of carbonyl (C=O) groups excluding carboxylic acids is 2. The first kappa shape index (κ1) is 15.7. The van der Waals surface area contributed by atoms with Gasteiger partial charge in [0.05, 0.1) is 0 Å². The molecule has 2 aliphatic rings. The molecule has 2 amide bonds. The van der Waals surface area contributed by atoms with E-state index in [9.17, 15) is 9.59 Å². The molecule has 0 bridgehead atoms. The number of aromatic nitrogens is 1. The molecule has 3 rings (SSSR count). The molecule has 6 heteroatoms. The van der Waals surface area contributed by atoms with Crippen molar-refractivity contribution < 1.29 is 9.59 Å². The molecule has 1 aromatic heterocycles. The van der Waals surface area contributed by atoms with Gasteiger partial charge in [-0.15, -0.1) is 6.58 Å². The lowest BCUT2D eigenvalue weighted by atomic mass is 10.1. The first-order valence-corrected chi connectivity index (χ1v) is 8.18. The number of thiocarbonyl (C=S) groups is 1. The standard InChI is InChI=1S/C17H19N3O2S/c1-2-8-20-16(22)14(15(21)18-17(20)23)10-12-7-9-19(11-12)13-5-3-4-6-13/h2,7,9-11,13H,1,3-6,8H2,(H,18,21,23)/b14-10+. The highest BCUT2D eigenvalue weighted by Crippen LogP contribution is 2.30. The third-order valence-corrected chi connectivity index (χ3v) is 4.61. The Labute approximate surface area is 140 Å². The Kier molecular flexibility index (Phi) is 4.43. The monoisotopic (exact) mass is 329 g/mol. The normalized spacial score (nSPS) is 21.1. The second kappa shape index (κ2) is 6.50. The summed E-state index contributed by atoms with van der Waals surface area (Å²) < 4.78 is 2.18. The van der Waals surface area contributed by atoms with Crippen molar-refractivity contribution in [1.29, 1.82) is 0 Å². The maximum atomic E-state index is 12.5. The lowest BCUT2D eigenvalue weighted by Crippen LogP contribution is -2.53. The zero-order valence-corrected chi connectivity index (χ0v) is 13.6. The maximum Gasteiger partial charge on any atom is 0.265 e. The molecule has 120 valence electrons. The SMILES string of the molecule is C=CCN1C(=O)/C(=C/c2ccn(C3CCCC3)c2)C(=O)NC1=S. The summed E-state index contributed by atoms with van der Waals surface area (Å²) in [5.41, 5.74) is 0.950. The summed E-state index contributed by atoms with van der Waals surface area (Å²) in [7, 11) is 0. The number of rotatable bonds is 4. The molecule has 2 heterocycles. The third kappa shape index (κ3) is 3.12. The topological polar surface area (TPSA) is 54.3 Å². The van der Waals surface area contributed by atoms with Crippen LogP contribution < -0.4 is 5.32 Å². The van der Waals surface area contributed by atoms with Gasteiger partial charge in [-0.2, -0.15) is 0 Å². The van der Waals surface area contributed by atoms with Crippen molar-refractivity contribution in [2.24, 2.45) is 0 Å². The van der Waals surface area contributed by atoms with Crippen molar-refractivity contribution in [2.45, 2.75) is 31.7 Å². The van der Waals surface area contributed by atoms with Crippen LogP contribution in [0.1, 0.15) is 37.3 Å². The van der Waals surface area contributed by atoms with Crippen LogP contribution in [0.5, 0.6) is 0 Å². The summed E-state index contributed by atoms with van der Waals surface area (Å²) in [6, 6.07) is 2.46. The minimum absolute atomic E-state index is 0.102. The smallest absolute Gasteiger partial charge is 0.265 e. The second-order valence-electron chi connectivity index (χ2n) is 5.85. The van der Waals surface area contributed by atoms with E-state index < -0.39 is 5.91 Å². The van der Waals surface area contributed by atoms with Crippen LogP contribution in [0.4, 0.5) is 0 Å². The second-order valence-corrected chi connectivity index (χ2v) is 6.24. The molecule has 0 spiro atoms. The molecule has 1 saturated heterocycles. The first-order chi connectivity index (χ1) is 11.1. The molecular formula is C17H19N3O2S.